The van der Waals surface area contributed by atoms with Crippen LogP contribution < -0.4 is 10.1 Å². The predicted molar refractivity (Wildman–Crippen MR) is 104 cm³/mol. The Morgan fingerprint density at radius 1 is 0.931 bits per heavy atom. The van der Waals surface area contributed by atoms with Gasteiger partial charge < -0.3 is 10.1 Å². The zero-order valence-corrected chi connectivity index (χ0v) is 15.4. The quantitative estimate of drug-likeness (QED) is 0.675. The largest absolute Gasteiger partial charge is 0.424 e. The smallest absolute Gasteiger partial charge is 0.322 e. The van der Waals surface area contributed by atoms with Crippen molar-refractivity contribution >= 4 is 23.4 Å². The number of para-hydroxylation sites is 1. The topological polar surface area (TPSA) is 101 Å². The van der Waals surface area contributed by atoms with Gasteiger partial charge in [-0.1, -0.05) is 30.3 Å². The summed E-state index contributed by atoms with van der Waals surface area (Å²) in [5, 5.41) is 2.61. The molecule has 8 nitrogen and oxygen atoms in total. The zero-order chi connectivity index (χ0) is 20.4. The molecule has 0 aliphatic carbocycles. The number of anilines is 1. The Hall–Kier alpha value is -4.07. The molecule has 144 valence electrons. The molecule has 4 rings (SSSR count). The van der Waals surface area contributed by atoms with Crippen LogP contribution in [-0.2, 0) is 4.79 Å². The number of nitrogens with zero attached hydrogens (tertiary/aromatic N) is 3. The lowest BCUT2D eigenvalue weighted by Crippen LogP contribution is -2.45. The van der Waals surface area contributed by atoms with E-state index >= 15 is 0 Å². The van der Waals surface area contributed by atoms with Crippen LogP contribution in [0.3, 0.4) is 0 Å². The fraction of sp³-hybridized carbons (Fsp3) is 0.0952. The molecule has 8 heteroatoms. The summed E-state index contributed by atoms with van der Waals surface area (Å²) in [6.07, 6.45) is 2.77. The zero-order valence-electron chi connectivity index (χ0n) is 15.4. The van der Waals surface area contributed by atoms with Gasteiger partial charge in [-0.15, -0.1) is 0 Å². The number of nitrogens with one attached hydrogen (secondary N) is 1. The number of carbonyl (C=O) groups excluding carboxylic acids is 3. The molecule has 3 aromatic rings. The van der Waals surface area contributed by atoms with Crippen molar-refractivity contribution in [3.8, 4) is 11.8 Å². The highest BCUT2D eigenvalue weighted by Crippen LogP contribution is 2.25. The summed E-state index contributed by atoms with van der Waals surface area (Å²) in [6.45, 7) is 1.49. The monoisotopic (exact) mass is 388 g/mol. The lowest BCUT2D eigenvalue weighted by molar-refractivity contribution is -0.119. The third kappa shape index (κ3) is 3.55. The van der Waals surface area contributed by atoms with Crippen LogP contribution in [0.25, 0.3) is 0 Å². The Balaban J connectivity index is 1.43. The number of hydrogen-bond acceptors (Lipinski definition) is 6. The molecule has 29 heavy (non-hydrogen) atoms. The summed E-state index contributed by atoms with van der Waals surface area (Å²) < 4.78 is 5.50. The number of rotatable bonds is 5. The van der Waals surface area contributed by atoms with Crippen molar-refractivity contribution in [2.45, 2.75) is 13.0 Å². The molecule has 1 aliphatic rings. The standard InChI is InChI=1S/C21H16N4O4/c1-13(25-19(27)16-9-5-6-10-17(16)20(25)28)18(26)24-14-11-22-21(23-12-14)29-15-7-3-2-4-8-15/h2-13H,1H3,(H,24,26). The summed E-state index contributed by atoms with van der Waals surface area (Å²) in [7, 11) is 0. The van der Waals surface area contributed by atoms with Crippen LogP contribution in [0, 0.1) is 0 Å². The van der Waals surface area contributed by atoms with Crippen molar-refractivity contribution in [2.24, 2.45) is 0 Å². The maximum Gasteiger partial charge on any atom is 0.322 e. The second-order valence-electron chi connectivity index (χ2n) is 6.36. The van der Waals surface area contributed by atoms with E-state index in [9.17, 15) is 14.4 Å². The third-order valence-corrected chi connectivity index (χ3v) is 4.44. The molecule has 0 saturated heterocycles. The average Bonchev–Trinajstić information content (AvgIpc) is 3.00. The summed E-state index contributed by atoms with van der Waals surface area (Å²) in [4.78, 5) is 46.6. The summed E-state index contributed by atoms with van der Waals surface area (Å²) >= 11 is 0. The number of aromatic nitrogens is 2. The van der Waals surface area contributed by atoms with Crippen molar-refractivity contribution in [1.29, 1.82) is 0 Å². The molecule has 0 saturated carbocycles. The number of benzene rings is 2. The van der Waals surface area contributed by atoms with E-state index < -0.39 is 23.8 Å². The van der Waals surface area contributed by atoms with Gasteiger partial charge in [-0.05, 0) is 31.2 Å². The van der Waals surface area contributed by atoms with E-state index in [0.717, 1.165) is 4.90 Å². The van der Waals surface area contributed by atoms with Crippen molar-refractivity contribution < 1.29 is 19.1 Å². The van der Waals surface area contributed by atoms with E-state index in [0.29, 0.717) is 22.6 Å². The average molecular weight is 388 g/mol. The Morgan fingerprint density at radius 2 is 1.48 bits per heavy atom. The molecule has 1 atom stereocenters. The highest BCUT2D eigenvalue weighted by Gasteiger charge is 2.40. The van der Waals surface area contributed by atoms with Crippen LogP contribution >= 0.6 is 0 Å². The van der Waals surface area contributed by atoms with Gasteiger partial charge in [0.15, 0.2) is 0 Å². The first-order chi connectivity index (χ1) is 14.0. The predicted octanol–water partition coefficient (Wildman–Crippen LogP) is 2.89. The van der Waals surface area contributed by atoms with Crippen molar-refractivity contribution in [3.63, 3.8) is 0 Å². The first-order valence-electron chi connectivity index (χ1n) is 8.87. The molecule has 0 spiro atoms. The number of imide groups is 1. The van der Waals surface area contributed by atoms with Gasteiger partial charge in [0.25, 0.3) is 11.8 Å². The fourth-order valence-electron chi connectivity index (χ4n) is 2.95. The molecule has 1 N–H and O–H groups in total. The molecule has 2 aromatic carbocycles. The molecule has 1 aliphatic heterocycles. The first kappa shape index (κ1) is 18.3. The van der Waals surface area contributed by atoms with Gasteiger partial charge >= 0.3 is 6.01 Å². The minimum atomic E-state index is -0.998. The molecular weight excluding hydrogens is 372 g/mol. The Labute approximate surface area is 166 Å². The van der Waals surface area contributed by atoms with Crippen LogP contribution in [-0.4, -0.2) is 38.6 Å². The normalized spacial score (nSPS) is 13.8. The molecule has 0 fully saturated rings. The van der Waals surface area contributed by atoms with Gasteiger partial charge in [-0.25, -0.2) is 9.97 Å². The Morgan fingerprint density at radius 3 is 2.07 bits per heavy atom. The van der Waals surface area contributed by atoms with Gasteiger partial charge in [-0.2, -0.15) is 0 Å². The van der Waals surface area contributed by atoms with Gasteiger partial charge in [0.2, 0.25) is 5.91 Å². The van der Waals surface area contributed by atoms with E-state index in [1.165, 1.54) is 19.3 Å². The van der Waals surface area contributed by atoms with Crippen LogP contribution in [0.15, 0.2) is 67.0 Å². The van der Waals surface area contributed by atoms with E-state index in [1.54, 1.807) is 36.4 Å². The highest BCUT2D eigenvalue weighted by molar-refractivity contribution is 6.23. The third-order valence-electron chi connectivity index (χ3n) is 4.44. The summed E-state index contributed by atoms with van der Waals surface area (Å²) in [5.74, 6) is -0.921. The van der Waals surface area contributed by atoms with Gasteiger partial charge in [-0.3, -0.25) is 19.3 Å². The van der Waals surface area contributed by atoms with Crippen molar-refractivity contribution in [3.05, 3.63) is 78.1 Å². The maximum atomic E-state index is 12.6. The molecular formula is C21H16N4O4. The Bertz CT molecular complexity index is 1050. The van der Waals surface area contributed by atoms with Gasteiger partial charge in [0, 0.05) is 0 Å². The maximum absolute atomic E-state index is 12.6. The molecule has 3 amide bonds. The minimum absolute atomic E-state index is 0.127. The number of fused-ring (bicyclic) bond motifs is 1. The van der Waals surface area contributed by atoms with Crippen LogP contribution in [0.5, 0.6) is 11.8 Å². The number of amides is 3. The molecule has 1 unspecified atom stereocenters. The van der Waals surface area contributed by atoms with Crippen LogP contribution in [0.1, 0.15) is 27.6 Å². The minimum Gasteiger partial charge on any atom is -0.424 e. The van der Waals surface area contributed by atoms with E-state index in [4.69, 9.17) is 4.74 Å². The van der Waals surface area contributed by atoms with E-state index in [2.05, 4.69) is 15.3 Å². The second-order valence-corrected chi connectivity index (χ2v) is 6.36. The molecule has 0 bridgehead atoms. The number of ether oxygens (including phenoxy) is 1. The fourth-order valence-corrected chi connectivity index (χ4v) is 2.95. The molecule has 0 radical (unpaired) electrons. The van der Waals surface area contributed by atoms with E-state index in [1.807, 2.05) is 18.2 Å². The van der Waals surface area contributed by atoms with Crippen molar-refractivity contribution in [1.82, 2.24) is 14.9 Å². The number of carbonyl (C=O) groups is 3. The first-order valence-corrected chi connectivity index (χ1v) is 8.87. The SMILES string of the molecule is CC(C(=O)Nc1cnc(Oc2ccccc2)nc1)N1C(=O)c2ccccc2C1=O. The van der Waals surface area contributed by atoms with Crippen molar-refractivity contribution in [2.75, 3.05) is 5.32 Å². The van der Waals surface area contributed by atoms with Gasteiger partial charge in [0.1, 0.15) is 11.8 Å². The second kappa shape index (κ2) is 7.51. The summed E-state index contributed by atoms with van der Waals surface area (Å²) in [5.41, 5.74) is 0.907. The van der Waals surface area contributed by atoms with Crippen LogP contribution in [0.2, 0.25) is 0 Å². The molecule has 1 aromatic heterocycles. The van der Waals surface area contributed by atoms with Crippen LogP contribution in [0.4, 0.5) is 5.69 Å². The highest BCUT2D eigenvalue weighted by atomic mass is 16.5. The lowest BCUT2D eigenvalue weighted by Gasteiger charge is -2.21. The Kier molecular flexibility index (Phi) is 4.74. The lowest BCUT2D eigenvalue weighted by atomic mass is 10.1. The summed E-state index contributed by atoms with van der Waals surface area (Å²) in [6, 6.07) is 14.7. The number of hydrogen-bond donors (Lipinski definition) is 1. The van der Waals surface area contributed by atoms with Gasteiger partial charge in [0.05, 0.1) is 29.2 Å². The van der Waals surface area contributed by atoms with E-state index in [-0.39, 0.29) is 6.01 Å². The molecule has 2 heterocycles.